The maximum Gasteiger partial charge on any atom is 0.252 e. The van der Waals surface area contributed by atoms with Crippen molar-refractivity contribution in [3.63, 3.8) is 0 Å². The van der Waals surface area contributed by atoms with Gasteiger partial charge >= 0.3 is 0 Å². The monoisotopic (exact) mass is 416 g/mol. The summed E-state index contributed by atoms with van der Waals surface area (Å²) in [6, 6.07) is 16.9. The predicted octanol–water partition coefficient (Wildman–Crippen LogP) is 3.10. The average Bonchev–Trinajstić information content (AvgIpc) is 3.18. The van der Waals surface area contributed by atoms with Crippen molar-refractivity contribution in [1.29, 1.82) is 0 Å². The molecular weight excluding hydrogens is 396 g/mol. The molecule has 1 amide bonds. The minimum absolute atomic E-state index is 0.131. The van der Waals surface area contributed by atoms with Gasteiger partial charge in [-0.1, -0.05) is 36.4 Å². The van der Waals surface area contributed by atoms with Crippen molar-refractivity contribution in [1.82, 2.24) is 4.31 Å². The van der Waals surface area contributed by atoms with Crippen LogP contribution in [-0.2, 0) is 26.0 Å². The zero-order valence-corrected chi connectivity index (χ0v) is 16.8. The number of nitrogens with one attached hydrogen (secondary N) is 1. The lowest BCUT2D eigenvalue weighted by molar-refractivity contribution is -0.115. The summed E-state index contributed by atoms with van der Waals surface area (Å²) in [7, 11) is -3.52. The van der Waals surface area contributed by atoms with Crippen LogP contribution in [0.2, 0.25) is 0 Å². The van der Waals surface area contributed by atoms with Crippen molar-refractivity contribution in [2.45, 2.75) is 10.6 Å². The lowest BCUT2D eigenvalue weighted by Crippen LogP contribution is -2.40. The summed E-state index contributed by atoms with van der Waals surface area (Å²) in [4.78, 5) is 13.2. The van der Waals surface area contributed by atoms with Gasteiger partial charge in [-0.25, -0.2) is 8.42 Å². The van der Waals surface area contributed by atoms with E-state index in [0.29, 0.717) is 31.2 Å². The van der Waals surface area contributed by atoms with Crippen molar-refractivity contribution in [2.24, 2.45) is 0 Å². The number of fused-ring (bicyclic) bond motifs is 1. The molecule has 1 fully saturated rings. The number of amides is 1. The van der Waals surface area contributed by atoms with Gasteiger partial charge in [-0.15, -0.1) is 11.3 Å². The van der Waals surface area contributed by atoms with E-state index in [-0.39, 0.29) is 16.5 Å². The number of benzene rings is 2. The second-order valence-corrected chi connectivity index (χ2v) is 9.82. The van der Waals surface area contributed by atoms with Gasteiger partial charge in [0.25, 0.3) is 10.0 Å². The molecular formula is C20H20N2O4S2. The number of ether oxygens (including phenoxy) is 1. The lowest BCUT2D eigenvalue weighted by Gasteiger charge is -2.25. The van der Waals surface area contributed by atoms with Crippen molar-refractivity contribution in [3.8, 4) is 0 Å². The molecule has 0 radical (unpaired) electrons. The Bertz CT molecular complexity index is 1100. The normalized spacial score (nSPS) is 15.6. The third kappa shape index (κ3) is 3.95. The number of carbonyl (C=O) groups excluding carboxylic acids is 1. The highest BCUT2D eigenvalue weighted by Gasteiger charge is 2.27. The lowest BCUT2D eigenvalue weighted by atomic mass is 10.1. The van der Waals surface area contributed by atoms with Gasteiger partial charge < -0.3 is 10.1 Å². The zero-order valence-electron chi connectivity index (χ0n) is 15.1. The fourth-order valence-electron chi connectivity index (χ4n) is 3.19. The molecule has 8 heteroatoms. The number of carbonyl (C=O) groups is 1. The molecule has 0 atom stereocenters. The Morgan fingerprint density at radius 2 is 1.79 bits per heavy atom. The molecule has 1 N–H and O–H groups in total. The number of nitrogens with zero attached hydrogens (tertiary/aromatic N) is 1. The molecule has 1 aliphatic rings. The van der Waals surface area contributed by atoms with Gasteiger partial charge in [-0.3, -0.25) is 4.79 Å². The van der Waals surface area contributed by atoms with Crippen LogP contribution in [0, 0.1) is 0 Å². The van der Waals surface area contributed by atoms with E-state index >= 15 is 0 Å². The van der Waals surface area contributed by atoms with Crippen LogP contribution in [-0.4, -0.2) is 44.9 Å². The van der Waals surface area contributed by atoms with Crippen LogP contribution in [0.4, 0.5) is 5.69 Å². The van der Waals surface area contributed by atoms with E-state index < -0.39 is 10.0 Å². The number of anilines is 1. The Morgan fingerprint density at radius 1 is 1.04 bits per heavy atom. The summed E-state index contributed by atoms with van der Waals surface area (Å²) in [5.74, 6) is -0.173. The summed E-state index contributed by atoms with van der Waals surface area (Å²) >= 11 is 1.14. The Labute approximate surface area is 167 Å². The van der Waals surface area contributed by atoms with Crippen LogP contribution in [0.1, 0.15) is 4.88 Å². The number of rotatable bonds is 5. The first-order chi connectivity index (χ1) is 13.5. The highest BCUT2D eigenvalue weighted by molar-refractivity contribution is 7.91. The van der Waals surface area contributed by atoms with E-state index in [1.54, 1.807) is 12.1 Å². The fraction of sp³-hybridized carbons (Fsp3) is 0.250. The molecule has 1 aliphatic heterocycles. The number of sulfonamides is 1. The van der Waals surface area contributed by atoms with Gasteiger partial charge in [0.1, 0.15) is 4.21 Å². The molecule has 0 aliphatic carbocycles. The summed E-state index contributed by atoms with van der Waals surface area (Å²) in [5.41, 5.74) is 0.751. The van der Waals surface area contributed by atoms with E-state index in [9.17, 15) is 13.2 Å². The number of hydrogen-bond donors (Lipinski definition) is 1. The van der Waals surface area contributed by atoms with Crippen molar-refractivity contribution >= 4 is 43.7 Å². The van der Waals surface area contributed by atoms with E-state index in [1.165, 1.54) is 4.31 Å². The molecule has 6 nitrogen and oxygen atoms in total. The number of morpholine rings is 1. The van der Waals surface area contributed by atoms with Crippen molar-refractivity contribution in [3.05, 3.63) is 59.5 Å². The fourth-order valence-corrected chi connectivity index (χ4v) is 6.11. The molecule has 3 aromatic rings. The summed E-state index contributed by atoms with van der Waals surface area (Å²) in [6.45, 7) is 1.53. The van der Waals surface area contributed by atoms with Gasteiger partial charge in [0, 0.05) is 29.0 Å². The van der Waals surface area contributed by atoms with Crippen LogP contribution < -0.4 is 5.32 Å². The average molecular weight is 417 g/mol. The molecule has 1 saturated heterocycles. The first-order valence-corrected chi connectivity index (χ1v) is 11.2. The molecule has 28 heavy (non-hydrogen) atoms. The number of hydrogen-bond acceptors (Lipinski definition) is 5. The second-order valence-electron chi connectivity index (χ2n) is 6.49. The first kappa shape index (κ1) is 19.1. The second kappa shape index (κ2) is 8.00. The van der Waals surface area contributed by atoms with Gasteiger partial charge in [-0.05, 0) is 23.6 Å². The Balaban J connectivity index is 1.47. The van der Waals surface area contributed by atoms with Gasteiger partial charge in [0.15, 0.2) is 0 Å². The Kier molecular flexibility index (Phi) is 5.45. The highest BCUT2D eigenvalue weighted by Crippen LogP contribution is 2.27. The van der Waals surface area contributed by atoms with E-state index in [0.717, 1.165) is 27.8 Å². The third-order valence-electron chi connectivity index (χ3n) is 4.60. The molecule has 2 heterocycles. The zero-order chi connectivity index (χ0) is 19.6. The van der Waals surface area contributed by atoms with Crippen LogP contribution in [0.3, 0.4) is 0 Å². The molecule has 4 rings (SSSR count). The quantitative estimate of drug-likeness (QED) is 0.693. The summed E-state index contributed by atoms with van der Waals surface area (Å²) in [6.07, 6.45) is 0.131. The Morgan fingerprint density at radius 3 is 2.61 bits per heavy atom. The molecule has 2 aromatic carbocycles. The highest BCUT2D eigenvalue weighted by atomic mass is 32.2. The van der Waals surface area contributed by atoms with Crippen LogP contribution >= 0.6 is 11.3 Å². The molecule has 0 bridgehead atoms. The van der Waals surface area contributed by atoms with Gasteiger partial charge in [0.2, 0.25) is 5.91 Å². The summed E-state index contributed by atoms with van der Waals surface area (Å²) in [5, 5.41) is 4.96. The van der Waals surface area contributed by atoms with Crippen LogP contribution in [0.5, 0.6) is 0 Å². The van der Waals surface area contributed by atoms with Gasteiger partial charge in [0.05, 0.1) is 19.6 Å². The Hall–Kier alpha value is -2.26. The minimum Gasteiger partial charge on any atom is -0.379 e. The minimum atomic E-state index is -3.52. The first-order valence-electron chi connectivity index (χ1n) is 8.98. The number of thiophene rings is 1. The van der Waals surface area contributed by atoms with Crippen molar-refractivity contribution in [2.75, 3.05) is 31.6 Å². The maximum absolute atomic E-state index is 12.7. The standard InChI is InChI=1S/C20H20N2O4S2/c23-19(21-18-7-3-5-15-4-1-2-6-17(15)18)14-16-8-9-20(27-16)28(24,25)22-10-12-26-13-11-22/h1-9H,10-14H2,(H,21,23). The molecule has 0 unspecified atom stereocenters. The van der Waals surface area contributed by atoms with E-state index in [1.807, 2.05) is 42.5 Å². The maximum atomic E-state index is 12.7. The van der Waals surface area contributed by atoms with E-state index in [2.05, 4.69) is 5.32 Å². The largest absolute Gasteiger partial charge is 0.379 e. The SMILES string of the molecule is O=C(Cc1ccc(S(=O)(=O)N2CCOCC2)s1)Nc1cccc2ccccc12. The topological polar surface area (TPSA) is 75.7 Å². The third-order valence-corrected chi connectivity index (χ3v) is 8.05. The van der Waals surface area contributed by atoms with Crippen LogP contribution in [0.25, 0.3) is 10.8 Å². The van der Waals surface area contributed by atoms with Gasteiger partial charge in [-0.2, -0.15) is 4.31 Å². The molecule has 0 spiro atoms. The van der Waals surface area contributed by atoms with Crippen LogP contribution in [0.15, 0.2) is 58.8 Å². The summed E-state index contributed by atoms with van der Waals surface area (Å²) < 4.78 is 32.3. The molecule has 0 saturated carbocycles. The molecule has 1 aromatic heterocycles. The molecule has 146 valence electrons. The smallest absolute Gasteiger partial charge is 0.252 e. The van der Waals surface area contributed by atoms with Crippen molar-refractivity contribution < 1.29 is 17.9 Å². The predicted molar refractivity (Wildman–Crippen MR) is 110 cm³/mol. The van der Waals surface area contributed by atoms with E-state index in [4.69, 9.17) is 4.74 Å².